The van der Waals surface area contributed by atoms with Crippen molar-refractivity contribution < 1.29 is 0 Å². The number of fused-ring (bicyclic) bond motifs is 1. The van der Waals surface area contributed by atoms with Gasteiger partial charge in [0.1, 0.15) is 5.65 Å². The van der Waals surface area contributed by atoms with Gasteiger partial charge in [0.05, 0.1) is 12.2 Å². The van der Waals surface area contributed by atoms with Crippen molar-refractivity contribution in [1.29, 1.82) is 0 Å². The maximum absolute atomic E-state index is 5.80. The summed E-state index contributed by atoms with van der Waals surface area (Å²) in [7, 11) is 0. The predicted molar refractivity (Wildman–Crippen MR) is 75.7 cm³/mol. The summed E-state index contributed by atoms with van der Waals surface area (Å²) in [6.45, 7) is 3.32. The van der Waals surface area contributed by atoms with Gasteiger partial charge in [-0.2, -0.15) is 0 Å². The zero-order valence-electron chi connectivity index (χ0n) is 10.9. The van der Waals surface area contributed by atoms with Gasteiger partial charge in [-0.15, -0.1) is 0 Å². The van der Waals surface area contributed by atoms with Crippen LogP contribution in [0.2, 0.25) is 0 Å². The maximum atomic E-state index is 5.80. The van der Waals surface area contributed by atoms with E-state index < -0.39 is 0 Å². The molecular formula is C15H16N4. The highest BCUT2D eigenvalue weighted by Crippen LogP contribution is 2.20. The molecule has 0 spiro atoms. The van der Waals surface area contributed by atoms with Gasteiger partial charge in [-0.1, -0.05) is 6.07 Å². The largest absolute Gasteiger partial charge is 0.326 e. The van der Waals surface area contributed by atoms with Crippen LogP contribution in [0.25, 0.3) is 11.0 Å². The SMILES string of the molecule is Cc1cccnc1Cn1cc(CN)c2cccnc21. The monoisotopic (exact) mass is 252 g/mol. The molecule has 4 heteroatoms. The first kappa shape index (κ1) is 11.9. The molecule has 3 rings (SSSR count). The molecule has 3 aromatic rings. The number of hydrogen-bond acceptors (Lipinski definition) is 3. The molecule has 0 aliphatic rings. The Kier molecular flexibility index (Phi) is 3.01. The van der Waals surface area contributed by atoms with E-state index in [1.54, 1.807) is 0 Å². The third-order valence-electron chi connectivity index (χ3n) is 3.37. The Morgan fingerprint density at radius 2 is 1.95 bits per heavy atom. The first-order chi connectivity index (χ1) is 9.29. The van der Waals surface area contributed by atoms with Crippen molar-refractivity contribution in [2.45, 2.75) is 20.0 Å². The lowest BCUT2D eigenvalue weighted by Crippen LogP contribution is -2.03. The number of nitrogens with two attached hydrogens (primary N) is 1. The molecule has 0 amide bonds. The minimum Gasteiger partial charge on any atom is -0.326 e. The van der Waals surface area contributed by atoms with Gasteiger partial charge < -0.3 is 10.3 Å². The second-order valence-electron chi connectivity index (χ2n) is 4.63. The molecule has 0 aliphatic carbocycles. The Hall–Kier alpha value is -2.20. The molecule has 0 saturated carbocycles. The van der Waals surface area contributed by atoms with Crippen molar-refractivity contribution in [3.05, 3.63) is 59.7 Å². The molecule has 0 saturated heterocycles. The van der Waals surface area contributed by atoms with E-state index in [-0.39, 0.29) is 0 Å². The summed E-state index contributed by atoms with van der Waals surface area (Å²) in [4.78, 5) is 8.89. The average molecular weight is 252 g/mol. The molecule has 19 heavy (non-hydrogen) atoms. The fraction of sp³-hybridized carbons (Fsp3) is 0.200. The highest BCUT2D eigenvalue weighted by atomic mass is 15.0. The third kappa shape index (κ3) is 2.11. The predicted octanol–water partition coefficient (Wildman–Crippen LogP) is 2.25. The van der Waals surface area contributed by atoms with E-state index in [0.717, 1.165) is 28.8 Å². The van der Waals surface area contributed by atoms with Crippen LogP contribution < -0.4 is 5.73 Å². The van der Waals surface area contributed by atoms with Crippen LogP contribution in [0.1, 0.15) is 16.8 Å². The Morgan fingerprint density at radius 1 is 1.16 bits per heavy atom. The molecule has 96 valence electrons. The topological polar surface area (TPSA) is 56.7 Å². The van der Waals surface area contributed by atoms with Crippen molar-refractivity contribution in [3.8, 4) is 0 Å². The second kappa shape index (κ2) is 4.82. The van der Waals surface area contributed by atoms with E-state index >= 15 is 0 Å². The van der Waals surface area contributed by atoms with Crippen LogP contribution in [0.4, 0.5) is 0 Å². The number of nitrogens with zero attached hydrogens (tertiary/aromatic N) is 3. The first-order valence-corrected chi connectivity index (χ1v) is 6.33. The zero-order valence-corrected chi connectivity index (χ0v) is 10.9. The molecule has 0 aromatic carbocycles. The van der Waals surface area contributed by atoms with E-state index in [1.807, 2.05) is 24.5 Å². The van der Waals surface area contributed by atoms with E-state index in [1.165, 1.54) is 5.56 Å². The molecule has 2 N–H and O–H groups in total. The van der Waals surface area contributed by atoms with Gasteiger partial charge >= 0.3 is 0 Å². The van der Waals surface area contributed by atoms with Gasteiger partial charge in [0.2, 0.25) is 0 Å². The minimum absolute atomic E-state index is 0.524. The molecule has 3 aromatic heterocycles. The zero-order chi connectivity index (χ0) is 13.2. The fourth-order valence-corrected chi connectivity index (χ4v) is 2.32. The van der Waals surface area contributed by atoms with Gasteiger partial charge in [-0.05, 0) is 36.2 Å². The molecular weight excluding hydrogens is 236 g/mol. The van der Waals surface area contributed by atoms with Crippen LogP contribution in [-0.2, 0) is 13.1 Å². The molecule has 0 bridgehead atoms. The van der Waals surface area contributed by atoms with Crippen molar-refractivity contribution in [2.24, 2.45) is 5.73 Å². The summed E-state index contributed by atoms with van der Waals surface area (Å²) < 4.78 is 2.12. The van der Waals surface area contributed by atoms with Crippen molar-refractivity contribution in [1.82, 2.24) is 14.5 Å². The quantitative estimate of drug-likeness (QED) is 0.777. The average Bonchev–Trinajstić information content (AvgIpc) is 2.80. The van der Waals surface area contributed by atoms with E-state index in [0.29, 0.717) is 6.54 Å². The van der Waals surface area contributed by atoms with Gasteiger partial charge in [-0.3, -0.25) is 4.98 Å². The van der Waals surface area contributed by atoms with E-state index in [9.17, 15) is 0 Å². The van der Waals surface area contributed by atoms with Crippen molar-refractivity contribution >= 4 is 11.0 Å². The molecule has 4 nitrogen and oxygen atoms in total. The molecule has 0 unspecified atom stereocenters. The highest BCUT2D eigenvalue weighted by Gasteiger charge is 2.09. The Bertz CT molecular complexity index is 715. The molecule has 0 atom stereocenters. The van der Waals surface area contributed by atoms with E-state index in [2.05, 4.69) is 39.8 Å². The lowest BCUT2D eigenvalue weighted by molar-refractivity contribution is 0.786. The van der Waals surface area contributed by atoms with Crippen molar-refractivity contribution in [3.63, 3.8) is 0 Å². The van der Waals surface area contributed by atoms with E-state index in [4.69, 9.17) is 5.73 Å². The van der Waals surface area contributed by atoms with Crippen LogP contribution in [0, 0.1) is 6.92 Å². The second-order valence-corrected chi connectivity index (χ2v) is 4.63. The molecule has 3 heterocycles. The summed E-state index contributed by atoms with van der Waals surface area (Å²) in [6, 6.07) is 8.03. The van der Waals surface area contributed by atoms with Crippen LogP contribution in [-0.4, -0.2) is 14.5 Å². The first-order valence-electron chi connectivity index (χ1n) is 6.33. The normalized spacial score (nSPS) is 11.1. The molecule has 0 aliphatic heterocycles. The summed E-state index contributed by atoms with van der Waals surface area (Å²) in [5, 5.41) is 1.12. The minimum atomic E-state index is 0.524. The Balaban J connectivity index is 2.09. The molecule has 0 radical (unpaired) electrons. The number of pyridine rings is 2. The highest BCUT2D eigenvalue weighted by molar-refractivity contribution is 5.80. The van der Waals surface area contributed by atoms with Gasteiger partial charge in [-0.25, -0.2) is 4.98 Å². The summed E-state index contributed by atoms with van der Waals surface area (Å²) in [6.07, 6.45) is 5.71. The molecule has 0 fully saturated rings. The van der Waals surface area contributed by atoms with Crippen LogP contribution >= 0.6 is 0 Å². The lowest BCUT2D eigenvalue weighted by Gasteiger charge is -2.06. The summed E-state index contributed by atoms with van der Waals surface area (Å²) in [5.41, 5.74) is 10.1. The Labute approximate surface area is 111 Å². The third-order valence-corrected chi connectivity index (χ3v) is 3.37. The number of hydrogen-bond donors (Lipinski definition) is 1. The lowest BCUT2D eigenvalue weighted by atomic mass is 10.2. The van der Waals surface area contributed by atoms with Crippen LogP contribution in [0.15, 0.2) is 42.9 Å². The summed E-state index contributed by atoms with van der Waals surface area (Å²) in [5.74, 6) is 0. The maximum Gasteiger partial charge on any atom is 0.140 e. The van der Waals surface area contributed by atoms with Gasteiger partial charge in [0.25, 0.3) is 0 Å². The fourth-order valence-electron chi connectivity index (χ4n) is 2.32. The van der Waals surface area contributed by atoms with Crippen molar-refractivity contribution in [2.75, 3.05) is 0 Å². The number of aromatic nitrogens is 3. The smallest absolute Gasteiger partial charge is 0.140 e. The standard InChI is InChI=1S/C15H16N4/c1-11-4-2-6-17-14(11)10-19-9-12(8-16)13-5-3-7-18-15(13)19/h2-7,9H,8,10,16H2,1H3. The van der Waals surface area contributed by atoms with Gasteiger partial charge in [0, 0.05) is 30.5 Å². The van der Waals surface area contributed by atoms with Crippen LogP contribution in [0.3, 0.4) is 0 Å². The Morgan fingerprint density at radius 3 is 2.74 bits per heavy atom. The number of rotatable bonds is 3. The summed E-state index contributed by atoms with van der Waals surface area (Å²) >= 11 is 0. The van der Waals surface area contributed by atoms with Gasteiger partial charge in [0.15, 0.2) is 0 Å². The number of aryl methyl sites for hydroxylation is 1. The van der Waals surface area contributed by atoms with Crippen LogP contribution in [0.5, 0.6) is 0 Å².